The fourth-order valence-corrected chi connectivity index (χ4v) is 1.18. The van der Waals surface area contributed by atoms with Crippen LogP contribution in [0, 0.1) is 0 Å². The van der Waals surface area contributed by atoms with Crippen LogP contribution in [0.15, 0.2) is 12.4 Å². The van der Waals surface area contributed by atoms with Crippen molar-refractivity contribution in [3.05, 3.63) is 18.2 Å². The predicted molar refractivity (Wildman–Crippen MR) is 48.9 cm³/mol. The summed E-state index contributed by atoms with van der Waals surface area (Å²) in [5.74, 6) is 0.357. The minimum Gasteiger partial charge on any atom is -0.329 e. The van der Waals surface area contributed by atoms with Gasteiger partial charge >= 0.3 is 6.55 Å². The highest BCUT2D eigenvalue weighted by molar-refractivity contribution is 4.92. The van der Waals surface area contributed by atoms with E-state index in [1.165, 1.54) is 12.4 Å². The zero-order chi connectivity index (χ0) is 10.6. The standard InChI is InChI=1S/C8H14F2N4/c1-13(4-2-11)6-7-12-3-5-14(7)8(9)10/h3,5,8H,2,4,6,11H2,1H3. The van der Waals surface area contributed by atoms with Gasteiger partial charge in [-0.2, -0.15) is 8.78 Å². The molecule has 6 heteroatoms. The number of halogens is 2. The van der Waals surface area contributed by atoms with E-state index in [-0.39, 0.29) is 0 Å². The third-order valence-corrected chi connectivity index (χ3v) is 1.88. The Hall–Kier alpha value is -1.01. The van der Waals surface area contributed by atoms with Gasteiger partial charge in [0.1, 0.15) is 5.82 Å². The third-order valence-electron chi connectivity index (χ3n) is 1.88. The van der Waals surface area contributed by atoms with Gasteiger partial charge in [0.25, 0.3) is 0 Å². The Morgan fingerprint density at radius 1 is 1.64 bits per heavy atom. The number of hydrogen-bond donors (Lipinski definition) is 1. The van der Waals surface area contributed by atoms with Crippen molar-refractivity contribution in [2.75, 3.05) is 20.1 Å². The third kappa shape index (κ3) is 2.74. The second-order valence-electron chi connectivity index (χ2n) is 3.05. The lowest BCUT2D eigenvalue weighted by Gasteiger charge is -2.15. The highest BCUT2D eigenvalue weighted by Crippen LogP contribution is 2.13. The number of likely N-dealkylation sites (N-methyl/N-ethyl adjacent to an activating group) is 1. The number of aromatic nitrogens is 2. The van der Waals surface area contributed by atoms with Gasteiger partial charge < -0.3 is 5.73 Å². The second-order valence-corrected chi connectivity index (χ2v) is 3.05. The molecule has 1 aromatic rings. The first-order valence-corrected chi connectivity index (χ1v) is 4.33. The summed E-state index contributed by atoms with van der Waals surface area (Å²) in [5.41, 5.74) is 5.34. The van der Waals surface area contributed by atoms with Gasteiger partial charge in [0.05, 0.1) is 6.54 Å². The SMILES string of the molecule is CN(CCN)Cc1nccn1C(F)F. The highest BCUT2D eigenvalue weighted by Gasteiger charge is 2.12. The summed E-state index contributed by atoms with van der Waals surface area (Å²) in [6.07, 6.45) is 2.65. The molecule has 0 saturated heterocycles. The van der Waals surface area contributed by atoms with Gasteiger partial charge in [-0.25, -0.2) is 4.98 Å². The topological polar surface area (TPSA) is 47.1 Å². The van der Waals surface area contributed by atoms with Crippen molar-refractivity contribution >= 4 is 0 Å². The molecule has 80 valence electrons. The summed E-state index contributed by atoms with van der Waals surface area (Å²) in [4.78, 5) is 5.71. The zero-order valence-corrected chi connectivity index (χ0v) is 8.03. The number of hydrogen-bond acceptors (Lipinski definition) is 3. The maximum Gasteiger partial charge on any atom is 0.319 e. The van der Waals surface area contributed by atoms with Crippen molar-refractivity contribution in [3.63, 3.8) is 0 Å². The summed E-state index contributed by atoms with van der Waals surface area (Å²) < 4.78 is 25.6. The summed E-state index contributed by atoms with van der Waals surface area (Å²) >= 11 is 0. The first-order valence-electron chi connectivity index (χ1n) is 4.33. The number of nitrogens with zero attached hydrogens (tertiary/aromatic N) is 3. The molecule has 0 aliphatic heterocycles. The van der Waals surface area contributed by atoms with Gasteiger partial charge in [-0.05, 0) is 7.05 Å². The van der Waals surface area contributed by atoms with E-state index < -0.39 is 6.55 Å². The molecule has 1 rings (SSSR count). The maximum atomic E-state index is 12.4. The Morgan fingerprint density at radius 2 is 2.36 bits per heavy atom. The van der Waals surface area contributed by atoms with E-state index in [2.05, 4.69) is 4.98 Å². The van der Waals surface area contributed by atoms with E-state index >= 15 is 0 Å². The molecule has 1 aromatic heterocycles. The van der Waals surface area contributed by atoms with Crippen molar-refractivity contribution in [2.24, 2.45) is 5.73 Å². The molecular formula is C8H14F2N4. The molecule has 0 spiro atoms. The molecule has 0 fully saturated rings. The van der Waals surface area contributed by atoms with Gasteiger partial charge in [-0.1, -0.05) is 0 Å². The van der Waals surface area contributed by atoms with Crippen molar-refractivity contribution in [2.45, 2.75) is 13.1 Å². The molecule has 0 radical (unpaired) electrons. The van der Waals surface area contributed by atoms with E-state index in [4.69, 9.17) is 5.73 Å². The van der Waals surface area contributed by atoms with Crippen LogP contribution in [0.1, 0.15) is 12.4 Å². The molecule has 0 unspecified atom stereocenters. The number of nitrogens with two attached hydrogens (primary N) is 1. The largest absolute Gasteiger partial charge is 0.329 e. The molecule has 4 nitrogen and oxygen atoms in total. The lowest BCUT2D eigenvalue weighted by atomic mass is 10.5. The quantitative estimate of drug-likeness (QED) is 0.766. The molecule has 0 amide bonds. The Balaban J connectivity index is 2.61. The summed E-state index contributed by atoms with van der Waals surface area (Å²) in [7, 11) is 1.82. The first kappa shape index (κ1) is 11.1. The van der Waals surface area contributed by atoms with E-state index in [1.54, 1.807) is 0 Å². The first-order chi connectivity index (χ1) is 6.65. The Labute approximate surface area is 81.3 Å². The lowest BCUT2D eigenvalue weighted by Crippen LogP contribution is -2.26. The van der Waals surface area contributed by atoms with E-state index in [0.29, 0.717) is 25.5 Å². The average molecular weight is 204 g/mol. The van der Waals surface area contributed by atoms with Gasteiger partial charge in [0, 0.05) is 25.5 Å². The van der Waals surface area contributed by atoms with E-state index in [0.717, 1.165) is 4.57 Å². The number of imidazole rings is 1. The van der Waals surface area contributed by atoms with Crippen LogP contribution >= 0.6 is 0 Å². The molecule has 14 heavy (non-hydrogen) atoms. The van der Waals surface area contributed by atoms with Crippen LogP contribution in [0.3, 0.4) is 0 Å². The molecule has 0 bridgehead atoms. The Morgan fingerprint density at radius 3 is 2.93 bits per heavy atom. The summed E-state index contributed by atoms with van der Waals surface area (Å²) in [5, 5.41) is 0. The molecule has 1 heterocycles. The number of rotatable bonds is 5. The van der Waals surface area contributed by atoms with Crippen molar-refractivity contribution in [1.29, 1.82) is 0 Å². The van der Waals surface area contributed by atoms with E-state index in [1.807, 2.05) is 11.9 Å². The van der Waals surface area contributed by atoms with Crippen LogP contribution in [-0.2, 0) is 6.54 Å². The molecule has 0 aromatic carbocycles. The van der Waals surface area contributed by atoms with Crippen LogP contribution in [0.25, 0.3) is 0 Å². The molecular weight excluding hydrogens is 190 g/mol. The zero-order valence-electron chi connectivity index (χ0n) is 8.03. The minimum atomic E-state index is -2.53. The smallest absolute Gasteiger partial charge is 0.319 e. The minimum absolute atomic E-state index is 0.357. The predicted octanol–water partition coefficient (Wildman–Crippen LogP) is 0.669. The van der Waals surface area contributed by atoms with Crippen LogP contribution in [0.4, 0.5) is 8.78 Å². The van der Waals surface area contributed by atoms with Crippen LogP contribution in [0.5, 0.6) is 0 Å². The van der Waals surface area contributed by atoms with Crippen LogP contribution < -0.4 is 5.73 Å². The molecule has 0 saturated carbocycles. The fourth-order valence-electron chi connectivity index (χ4n) is 1.18. The molecule has 0 aliphatic rings. The van der Waals surface area contributed by atoms with Crippen molar-refractivity contribution in [3.8, 4) is 0 Å². The van der Waals surface area contributed by atoms with Gasteiger partial charge in [0.15, 0.2) is 0 Å². The summed E-state index contributed by atoms with van der Waals surface area (Å²) in [6, 6.07) is 0. The Kier molecular flexibility index (Phi) is 3.97. The maximum absolute atomic E-state index is 12.4. The van der Waals surface area contributed by atoms with Crippen LogP contribution in [0.2, 0.25) is 0 Å². The fraction of sp³-hybridized carbons (Fsp3) is 0.625. The number of alkyl halides is 2. The van der Waals surface area contributed by atoms with Crippen molar-refractivity contribution in [1.82, 2.24) is 14.5 Å². The van der Waals surface area contributed by atoms with Gasteiger partial charge in [0.2, 0.25) is 0 Å². The molecule has 0 atom stereocenters. The van der Waals surface area contributed by atoms with Crippen molar-refractivity contribution < 1.29 is 8.78 Å². The second kappa shape index (κ2) is 5.02. The summed E-state index contributed by atoms with van der Waals surface area (Å²) in [6.45, 7) is -0.977. The molecule has 2 N–H and O–H groups in total. The monoisotopic (exact) mass is 204 g/mol. The highest BCUT2D eigenvalue weighted by atomic mass is 19.3. The van der Waals surface area contributed by atoms with Gasteiger partial charge in [-0.3, -0.25) is 9.47 Å². The molecule has 0 aliphatic carbocycles. The van der Waals surface area contributed by atoms with Crippen LogP contribution in [-0.4, -0.2) is 34.6 Å². The van der Waals surface area contributed by atoms with E-state index in [9.17, 15) is 8.78 Å². The average Bonchev–Trinajstić information content (AvgIpc) is 2.52. The Bertz CT molecular complexity index is 274. The van der Waals surface area contributed by atoms with Gasteiger partial charge in [-0.15, -0.1) is 0 Å². The normalized spacial score (nSPS) is 11.6. The lowest BCUT2D eigenvalue weighted by molar-refractivity contribution is 0.0646.